The number of para-hydroxylation sites is 1. The SMILES string of the molecule is CN1CCSCC1c1noc(-c2cccc(F)c2N)n1. The molecule has 1 aromatic heterocycles. The van der Waals surface area contributed by atoms with Crippen LogP contribution < -0.4 is 5.73 Å². The molecule has 2 N–H and O–H groups in total. The van der Waals surface area contributed by atoms with Gasteiger partial charge in [-0.3, -0.25) is 4.90 Å². The number of benzene rings is 1. The first-order chi connectivity index (χ1) is 9.66. The van der Waals surface area contributed by atoms with Crippen LogP contribution in [0, 0.1) is 5.82 Å². The summed E-state index contributed by atoms with van der Waals surface area (Å²) in [7, 11) is 2.04. The Hall–Kier alpha value is -1.60. The molecule has 1 aliphatic rings. The average molecular weight is 294 g/mol. The first-order valence-electron chi connectivity index (χ1n) is 6.33. The molecule has 0 bridgehead atoms. The van der Waals surface area contributed by atoms with Gasteiger partial charge in [-0.05, 0) is 19.2 Å². The number of nitrogen functional groups attached to an aromatic ring is 1. The Kier molecular flexibility index (Phi) is 3.62. The van der Waals surface area contributed by atoms with Crippen molar-refractivity contribution < 1.29 is 8.91 Å². The summed E-state index contributed by atoms with van der Waals surface area (Å²) in [5.74, 6) is 2.44. The Balaban J connectivity index is 1.92. The van der Waals surface area contributed by atoms with Crippen LogP contribution in [0.3, 0.4) is 0 Å². The molecule has 1 fully saturated rings. The summed E-state index contributed by atoms with van der Waals surface area (Å²) in [5, 5.41) is 4.02. The fourth-order valence-electron chi connectivity index (χ4n) is 2.16. The standard InChI is InChI=1S/C13H15FN4OS/c1-18-5-6-20-7-10(18)12-16-13(19-17-12)8-3-2-4-9(14)11(8)15/h2-4,10H,5-7,15H2,1H3. The summed E-state index contributed by atoms with van der Waals surface area (Å²) in [6.07, 6.45) is 0. The van der Waals surface area contributed by atoms with E-state index in [1.165, 1.54) is 6.07 Å². The van der Waals surface area contributed by atoms with E-state index in [1.807, 2.05) is 18.8 Å². The van der Waals surface area contributed by atoms with E-state index in [1.54, 1.807) is 12.1 Å². The second kappa shape index (κ2) is 5.41. The third-order valence-corrected chi connectivity index (χ3v) is 4.44. The first kappa shape index (κ1) is 13.4. The van der Waals surface area contributed by atoms with Crippen LogP contribution in [0.25, 0.3) is 11.5 Å². The van der Waals surface area contributed by atoms with Crippen LogP contribution >= 0.6 is 11.8 Å². The minimum absolute atomic E-state index is 0.0362. The van der Waals surface area contributed by atoms with Crippen molar-refractivity contribution in [3.63, 3.8) is 0 Å². The Morgan fingerprint density at radius 1 is 1.50 bits per heavy atom. The zero-order valence-electron chi connectivity index (χ0n) is 11.0. The topological polar surface area (TPSA) is 68.2 Å². The number of hydrogen-bond donors (Lipinski definition) is 1. The molecule has 2 heterocycles. The summed E-state index contributed by atoms with van der Waals surface area (Å²) < 4.78 is 18.7. The molecule has 106 valence electrons. The maximum Gasteiger partial charge on any atom is 0.260 e. The predicted molar refractivity (Wildman–Crippen MR) is 76.8 cm³/mol. The molecule has 0 aliphatic carbocycles. The van der Waals surface area contributed by atoms with Crippen molar-refractivity contribution in [2.24, 2.45) is 0 Å². The van der Waals surface area contributed by atoms with E-state index in [4.69, 9.17) is 10.3 Å². The Bertz CT molecular complexity index is 618. The number of halogens is 1. The Morgan fingerprint density at radius 2 is 2.35 bits per heavy atom. The van der Waals surface area contributed by atoms with Crippen LogP contribution in [0.5, 0.6) is 0 Å². The molecule has 20 heavy (non-hydrogen) atoms. The van der Waals surface area contributed by atoms with Gasteiger partial charge in [-0.2, -0.15) is 16.7 Å². The lowest BCUT2D eigenvalue weighted by atomic mass is 10.1. The summed E-state index contributed by atoms with van der Waals surface area (Å²) in [6.45, 7) is 0.987. The lowest BCUT2D eigenvalue weighted by Crippen LogP contribution is -2.33. The van der Waals surface area contributed by atoms with Gasteiger partial charge < -0.3 is 10.3 Å². The maximum atomic E-state index is 13.5. The molecule has 1 aliphatic heterocycles. The molecule has 1 atom stereocenters. The number of hydrogen-bond acceptors (Lipinski definition) is 6. The van der Waals surface area contributed by atoms with Gasteiger partial charge in [0.2, 0.25) is 0 Å². The van der Waals surface area contributed by atoms with Crippen molar-refractivity contribution in [2.75, 3.05) is 30.8 Å². The van der Waals surface area contributed by atoms with E-state index < -0.39 is 5.82 Å². The van der Waals surface area contributed by atoms with E-state index in [-0.39, 0.29) is 17.6 Å². The highest BCUT2D eigenvalue weighted by atomic mass is 32.2. The van der Waals surface area contributed by atoms with Gasteiger partial charge in [-0.15, -0.1) is 0 Å². The third-order valence-electron chi connectivity index (χ3n) is 3.42. The normalized spacial score (nSPS) is 20.2. The van der Waals surface area contributed by atoms with E-state index in [0.29, 0.717) is 11.4 Å². The number of thioether (sulfide) groups is 1. The Labute approximate surface area is 120 Å². The summed E-state index contributed by atoms with van der Waals surface area (Å²) in [6, 6.07) is 4.69. The van der Waals surface area contributed by atoms with Crippen LogP contribution in [0.1, 0.15) is 11.9 Å². The first-order valence-corrected chi connectivity index (χ1v) is 7.48. The second-order valence-electron chi connectivity index (χ2n) is 4.73. The number of nitrogens with two attached hydrogens (primary N) is 1. The fourth-order valence-corrected chi connectivity index (χ4v) is 3.37. The lowest BCUT2D eigenvalue weighted by Gasteiger charge is -2.29. The zero-order valence-corrected chi connectivity index (χ0v) is 11.9. The van der Waals surface area contributed by atoms with Gasteiger partial charge in [-0.1, -0.05) is 11.2 Å². The fraction of sp³-hybridized carbons (Fsp3) is 0.385. The van der Waals surface area contributed by atoms with E-state index in [9.17, 15) is 4.39 Å². The summed E-state index contributed by atoms with van der Waals surface area (Å²) in [5.41, 5.74) is 6.19. The molecule has 1 aromatic carbocycles. The lowest BCUT2D eigenvalue weighted by molar-refractivity contribution is 0.257. The third kappa shape index (κ3) is 2.38. The molecule has 2 aromatic rings. The number of nitrogens with zero attached hydrogens (tertiary/aromatic N) is 3. The highest BCUT2D eigenvalue weighted by molar-refractivity contribution is 7.99. The molecule has 1 unspecified atom stereocenters. The molecule has 5 nitrogen and oxygen atoms in total. The molecule has 0 radical (unpaired) electrons. The minimum atomic E-state index is -0.479. The van der Waals surface area contributed by atoms with Crippen molar-refractivity contribution in [1.29, 1.82) is 0 Å². The van der Waals surface area contributed by atoms with Gasteiger partial charge in [0.05, 0.1) is 17.3 Å². The van der Waals surface area contributed by atoms with Gasteiger partial charge >= 0.3 is 0 Å². The van der Waals surface area contributed by atoms with E-state index in [2.05, 4.69) is 15.0 Å². The van der Waals surface area contributed by atoms with Crippen molar-refractivity contribution in [2.45, 2.75) is 6.04 Å². The molecule has 7 heteroatoms. The van der Waals surface area contributed by atoms with Crippen LogP contribution in [0.15, 0.2) is 22.7 Å². The highest BCUT2D eigenvalue weighted by Gasteiger charge is 2.26. The number of aromatic nitrogens is 2. The van der Waals surface area contributed by atoms with Gasteiger partial charge in [0.25, 0.3) is 5.89 Å². The molecule has 0 amide bonds. The second-order valence-corrected chi connectivity index (χ2v) is 5.88. The quantitative estimate of drug-likeness (QED) is 0.856. The smallest absolute Gasteiger partial charge is 0.260 e. The zero-order chi connectivity index (χ0) is 14.1. The summed E-state index contributed by atoms with van der Waals surface area (Å²) >= 11 is 1.86. The van der Waals surface area contributed by atoms with Crippen LogP contribution in [-0.2, 0) is 0 Å². The largest absolute Gasteiger partial charge is 0.396 e. The Morgan fingerprint density at radius 3 is 3.15 bits per heavy atom. The molecule has 0 spiro atoms. The van der Waals surface area contributed by atoms with Crippen molar-refractivity contribution in [1.82, 2.24) is 15.0 Å². The van der Waals surface area contributed by atoms with Crippen molar-refractivity contribution >= 4 is 17.4 Å². The monoisotopic (exact) mass is 294 g/mol. The average Bonchev–Trinajstić information content (AvgIpc) is 2.92. The van der Waals surface area contributed by atoms with E-state index in [0.717, 1.165) is 18.1 Å². The van der Waals surface area contributed by atoms with Crippen LogP contribution in [0.2, 0.25) is 0 Å². The van der Waals surface area contributed by atoms with Gasteiger partial charge in [0.1, 0.15) is 5.82 Å². The van der Waals surface area contributed by atoms with Crippen LogP contribution in [-0.4, -0.2) is 40.1 Å². The highest BCUT2D eigenvalue weighted by Crippen LogP contribution is 2.30. The molecule has 0 saturated carbocycles. The minimum Gasteiger partial charge on any atom is -0.396 e. The van der Waals surface area contributed by atoms with Crippen molar-refractivity contribution in [3.05, 3.63) is 29.8 Å². The number of rotatable bonds is 2. The molecular weight excluding hydrogens is 279 g/mol. The molecular formula is C13H15FN4OS. The van der Waals surface area contributed by atoms with Crippen molar-refractivity contribution in [3.8, 4) is 11.5 Å². The number of anilines is 1. The molecule has 1 saturated heterocycles. The van der Waals surface area contributed by atoms with Gasteiger partial charge in [0, 0.05) is 18.1 Å². The van der Waals surface area contributed by atoms with Gasteiger partial charge in [0.15, 0.2) is 5.82 Å². The van der Waals surface area contributed by atoms with Crippen LogP contribution in [0.4, 0.5) is 10.1 Å². The molecule has 3 rings (SSSR count). The van der Waals surface area contributed by atoms with Gasteiger partial charge in [-0.25, -0.2) is 4.39 Å². The predicted octanol–water partition coefficient (Wildman–Crippen LogP) is 2.18. The maximum absolute atomic E-state index is 13.5. The van der Waals surface area contributed by atoms with E-state index >= 15 is 0 Å². The summed E-state index contributed by atoms with van der Waals surface area (Å²) in [4.78, 5) is 6.57.